The van der Waals surface area contributed by atoms with Gasteiger partial charge in [0.1, 0.15) is 0 Å². The van der Waals surface area contributed by atoms with E-state index in [0.717, 1.165) is 12.1 Å². The van der Waals surface area contributed by atoms with Gasteiger partial charge in [0.15, 0.2) is 0 Å². The van der Waals surface area contributed by atoms with Gasteiger partial charge in [-0.05, 0) is 47.0 Å². The number of rotatable bonds is 2. The van der Waals surface area contributed by atoms with Gasteiger partial charge >= 0.3 is 18.5 Å². The molecule has 0 bridgehead atoms. The zero-order valence-electron chi connectivity index (χ0n) is 15.3. The minimum atomic E-state index is -5.12. The van der Waals surface area contributed by atoms with E-state index in [0.29, 0.717) is 18.2 Å². The summed E-state index contributed by atoms with van der Waals surface area (Å²) in [5, 5.41) is 0. The van der Waals surface area contributed by atoms with Crippen molar-refractivity contribution in [2.45, 2.75) is 18.5 Å². The van der Waals surface area contributed by atoms with Crippen LogP contribution in [0.3, 0.4) is 0 Å². The molecule has 2 N–H and O–H groups in total. The van der Waals surface area contributed by atoms with Crippen LogP contribution in [0, 0.1) is 0 Å². The summed E-state index contributed by atoms with van der Waals surface area (Å²) in [4.78, 5) is 0. The highest BCUT2D eigenvalue weighted by Crippen LogP contribution is 2.43. The van der Waals surface area contributed by atoms with Gasteiger partial charge in [-0.1, -0.05) is 30.3 Å². The van der Waals surface area contributed by atoms with E-state index in [9.17, 15) is 39.5 Å². The van der Waals surface area contributed by atoms with Crippen LogP contribution in [0.5, 0.6) is 0 Å². The molecule has 0 radical (unpaired) electrons. The van der Waals surface area contributed by atoms with Crippen molar-refractivity contribution < 1.29 is 39.5 Å². The van der Waals surface area contributed by atoms with Crippen LogP contribution in [0.15, 0.2) is 60.7 Å². The minimum Gasteiger partial charge on any atom is -0.398 e. The van der Waals surface area contributed by atoms with E-state index >= 15 is 0 Å². The average molecular weight is 449 g/mol. The Morgan fingerprint density at radius 2 is 1.06 bits per heavy atom. The second kappa shape index (κ2) is 7.51. The normalized spacial score (nSPS) is 12.8. The molecule has 1 nitrogen and oxygen atoms in total. The predicted molar refractivity (Wildman–Crippen MR) is 96.7 cm³/mol. The summed E-state index contributed by atoms with van der Waals surface area (Å²) in [5.41, 5.74) is -0.158. The summed E-state index contributed by atoms with van der Waals surface area (Å²) in [6.07, 6.45) is -15.2. The number of para-hydroxylation sites is 1. The smallest absolute Gasteiger partial charge is 0.398 e. The quantitative estimate of drug-likeness (QED) is 0.316. The Bertz CT molecular complexity index is 1080. The molecule has 0 heterocycles. The lowest BCUT2D eigenvalue weighted by Crippen LogP contribution is -2.11. The summed E-state index contributed by atoms with van der Waals surface area (Å²) in [7, 11) is 0. The molecule has 3 aromatic carbocycles. The molecule has 0 aliphatic carbocycles. The van der Waals surface area contributed by atoms with Gasteiger partial charge in [0.05, 0.1) is 16.7 Å². The molecule has 0 spiro atoms. The number of anilines is 1. The van der Waals surface area contributed by atoms with Crippen molar-refractivity contribution in [3.05, 3.63) is 77.4 Å². The molecule has 0 aliphatic heterocycles. The van der Waals surface area contributed by atoms with Crippen LogP contribution in [-0.4, -0.2) is 0 Å². The summed E-state index contributed by atoms with van der Waals surface area (Å²) in [5.74, 6) is 0. The maximum Gasteiger partial charge on any atom is 0.417 e. The molecule has 164 valence electrons. The second-order valence-corrected chi connectivity index (χ2v) is 6.64. The van der Waals surface area contributed by atoms with Crippen LogP contribution in [0.4, 0.5) is 45.2 Å². The Labute approximate surface area is 169 Å². The highest BCUT2D eigenvalue weighted by molar-refractivity contribution is 5.81. The molecule has 0 aliphatic rings. The van der Waals surface area contributed by atoms with Gasteiger partial charge in [-0.15, -0.1) is 0 Å². The van der Waals surface area contributed by atoms with E-state index in [2.05, 4.69) is 0 Å². The topological polar surface area (TPSA) is 26.0 Å². The Morgan fingerprint density at radius 1 is 0.516 bits per heavy atom. The van der Waals surface area contributed by atoms with Crippen LogP contribution in [0.25, 0.3) is 22.3 Å². The fourth-order valence-corrected chi connectivity index (χ4v) is 3.06. The highest BCUT2D eigenvalue weighted by atomic mass is 19.4. The molecular weight excluding hydrogens is 437 g/mol. The maximum atomic E-state index is 13.7. The third-order valence-corrected chi connectivity index (χ3v) is 4.50. The number of hydrogen-bond acceptors (Lipinski definition) is 1. The SMILES string of the molecule is Nc1ccccc1-c1ccc(-c2cc(C(F)(F)F)cc(C(F)(F)F)c2)cc1C(F)(F)F. The molecule has 0 amide bonds. The Kier molecular flexibility index (Phi) is 5.45. The standard InChI is InChI=1S/C21H12F9N/c22-19(23,24)13-7-12(8-14(10-13)20(25,26)27)11-5-6-15(17(9-11)21(28,29)30)16-3-1-2-4-18(16)31/h1-10H,31H2. The highest BCUT2D eigenvalue weighted by Gasteiger charge is 2.38. The monoisotopic (exact) mass is 449 g/mol. The van der Waals surface area contributed by atoms with Crippen LogP contribution < -0.4 is 5.73 Å². The van der Waals surface area contributed by atoms with Crippen molar-refractivity contribution in [3.63, 3.8) is 0 Å². The van der Waals surface area contributed by atoms with E-state index in [1.54, 1.807) is 0 Å². The average Bonchev–Trinajstić information content (AvgIpc) is 2.65. The zero-order valence-corrected chi connectivity index (χ0v) is 15.3. The van der Waals surface area contributed by atoms with E-state index in [1.807, 2.05) is 0 Å². The second-order valence-electron chi connectivity index (χ2n) is 6.64. The van der Waals surface area contributed by atoms with Gasteiger partial charge in [-0.25, -0.2) is 0 Å². The number of nitrogen functional groups attached to an aromatic ring is 1. The molecule has 31 heavy (non-hydrogen) atoms. The van der Waals surface area contributed by atoms with E-state index in [4.69, 9.17) is 5.73 Å². The molecule has 3 aromatic rings. The fourth-order valence-electron chi connectivity index (χ4n) is 3.06. The predicted octanol–water partition coefficient (Wildman–Crippen LogP) is 7.66. The summed E-state index contributed by atoms with van der Waals surface area (Å²) in [6, 6.07) is 8.80. The molecule has 0 unspecified atom stereocenters. The van der Waals surface area contributed by atoms with Gasteiger partial charge in [-0.3, -0.25) is 0 Å². The minimum absolute atomic E-state index is 0.0270. The van der Waals surface area contributed by atoms with Crippen LogP contribution in [0.2, 0.25) is 0 Å². The summed E-state index contributed by atoms with van der Waals surface area (Å²) < 4.78 is 120. The Morgan fingerprint density at radius 3 is 1.55 bits per heavy atom. The zero-order chi connectivity index (χ0) is 23.2. The van der Waals surface area contributed by atoms with Crippen molar-refractivity contribution >= 4 is 5.69 Å². The summed E-state index contributed by atoms with van der Waals surface area (Å²) in [6.45, 7) is 0. The van der Waals surface area contributed by atoms with Gasteiger partial charge < -0.3 is 5.73 Å². The van der Waals surface area contributed by atoms with Crippen molar-refractivity contribution in [1.82, 2.24) is 0 Å². The van der Waals surface area contributed by atoms with Crippen molar-refractivity contribution in [3.8, 4) is 22.3 Å². The molecule has 0 fully saturated rings. The fraction of sp³-hybridized carbons (Fsp3) is 0.143. The third kappa shape index (κ3) is 4.78. The largest absolute Gasteiger partial charge is 0.417 e. The first-order valence-corrected chi connectivity index (χ1v) is 8.54. The Hall–Kier alpha value is -3.17. The van der Waals surface area contributed by atoms with Crippen molar-refractivity contribution in [2.75, 3.05) is 5.73 Å². The van der Waals surface area contributed by atoms with Gasteiger partial charge in [-0.2, -0.15) is 39.5 Å². The molecule has 10 heteroatoms. The van der Waals surface area contributed by atoms with Crippen molar-refractivity contribution in [2.24, 2.45) is 0 Å². The van der Waals surface area contributed by atoms with E-state index < -0.39 is 46.3 Å². The van der Waals surface area contributed by atoms with Crippen LogP contribution in [-0.2, 0) is 18.5 Å². The van der Waals surface area contributed by atoms with Crippen molar-refractivity contribution in [1.29, 1.82) is 0 Å². The lowest BCUT2D eigenvalue weighted by atomic mass is 9.92. The third-order valence-electron chi connectivity index (χ3n) is 4.50. The molecule has 0 saturated carbocycles. The number of benzene rings is 3. The first-order valence-electron chi connectivity index (χ1n) is 8.54. The van der Waals surface area contributed by atoms with Gasteiger partial charge in [0, 0.05) is 11.3 Å². The molecule has 0 aromatic heterocycles. The van der Waals surface area contributed by atoms with E-state index in [-0.39, 0.29) is 22.9 Å². The number of nitrogens with two attached hydrogens (primary N) is 1. The lowest BCUT2D eigenvalue weighted by molar-refractivity contribution is -0.143. The van der Waals surface area contributed by atoms with E-state index in [1.165, 1.54) is 24.3 Å². The van der Waals surface area contributed by atoms with Gasteiger partial charge in [0.2, 0.25) is 0 Å². The first kappa shape index (κ1) is 22.5. The lowest BCUT2D eigenvalue weighted by Gasteiger charge is -2.18. The van der Waals surface area contributed by atoms with Crippen LogP contribution in [0.1, 0.15) is 16.7 Å². The molecule has 0 atom stereocenters. The number of hydrogen-bond donors (Lipinski definition) is 1. The Balaban J connectivity index is 2.26. The molecule has 0 saturated heterocycles. The van der Waals surface area contributed by atoms with Gasteiger partial charge in [0.25, 0.3) is 0 Å². The number of halogens is 9. The number of alkyl halides is 9. The first-order chi connectivity index (χ1) is 14.2. The summed E-state index contributed by atoms with van der Waals surface area (Å²) >= 11 is 0. The molecule has 3 rings (SSSR count). The molecular formula is C21H12F9N. The van der Waals surface area contributed by atoms with Crippen LogP contribution >= 0.6 is 0 Å². The maximum absolute atomic E-state index is 13.7.